The number of morpholine rings is 1. The van der Waals surface area contributed by atoms with Gasteiger partial charge in [-0.05, 0) is 13.8 Å². The summed E-state index contributed by atoms with van der Waals surface area (Å²) in [5, 5.41) is 14.1. The lowest BCUT2D eigenvalue weighted by molar-refractivity contribution is 0.0171. The summed E-state index contributed by atoms with van der Waals surface area (Å²) >= 11 is 1.64. The highest BCUT2D eigenvalue weighted by molar-refractivity contribution is 7.15. The third kappa shape index (κ3) is 3.91. The molecule has 2 heterocycles. The summed E-state index contributed by atoms with van der Waals surface area (Å²) in [5.74, 6) is 0. The van der Waals surface area contributed by atoms with Crippen LogP contribution in [0.3, 0.4) is 0 Å². The average Bonchev–Trinajstić information content (AvgIpc) is 2.68. The second kappa shape index (κ2) is 6.47. The molecule has 0 saturated carbocycles. The van der Waals surface area contributed by atoms with Crippen molar-refractivity contribution < 1.29 is 9.84 Å². The maximum atomic E-state index is 9.97. The van der Waals surface area contributed by atoms with Crippen molar-refractivity contribution in [1.82, 2.24) is 9.88 Å². The van der Waals surface area contributed by atoms with E-state index in [2.05, 4.69) is 22.1 Å². The van der Waals surface area contributed by atoms with Gasteiger partial charge in [0.05, 0.1) is 25.0 Å². The van der Waals surface area contributed by atoms with Crippen molar-refractivity contribution in [2.45, 2.75) is 20.0 Å². The van der Waals surface area contributed by atoms with E-state index in [-0.39, 0.29) is 6.10 Å². The number of hydrogen-bond donors (Lipinski definition) is 2. The SMILES string of the molecule is Cc1nc(NCC(O)CN2CCOCC2)sc1C. The number of aliphatic hydroxyl groups is 1. The van der Waals surface area contributed by atoms with Crippen LogP contribution in [-0.4, -0.2) is 60.5 Å². The maximum Gasteiger partial charge on any atom is 0.183 e. The minimum absolute atomic E-state index is 0.368. The summed E-state index contributed by atoms with van der Waals surface area (Å²) in [5.41, 5.74) is 1.06. The normalized spacial score (nSPS) is 18.8. The molecule has 5 nitrogen and oxygen atoms in total. The van der Waals surface area contributed by atoms with Crippen molar-refractivity contribution in [1.29, 1.82) is 0 Å². The van der Waals surface area contributed by atoms with Crippen LogP contribution in [0.15, 0.2) is 0 Å². The van der Waals surface area contributed by atoms with E-state index in [1.807, 2.05) is 6.92 Å². The Morgan fingerprint density at radius 3 is 2.78 bits per heavy atom. The van der Waals surface area contributed by atoms with Crippen molar-refractivity contribution in [3.63, 3.8) is 0 Å². The van der Waals surface area contributed by atoms with E-state index in [0.717, 1.165) is 37.1 Å². The Balaban J connectivity index is 1.72. The van der Waals surface area contributed by atoms with E-state index < -0.39 is 0 Å². The fourth-order valence-corrected chi connectivity index (χ4v) is 2.72. The van der Waals surface area contributed by atoms with Crippen LogP contribution < -0.4 is 5.32 Å². The Bertz CT molecular complexity index is 358. The molecule has 0 bridgehead atoms. The van der Waals surface area contributed by atoms with Crippen LogP contribution in [0.25, 0.3) is 0 Å². The van der Waals surface area contributed by atoms with Crippen LogP contribution in [-0.2, 0) is 4.74 Å². The van der Waals surface area contributed by atoms with Crippen LogP contribution in [0.2, 0.25) is 0 Å². The molecule has 0 aromatic carbocycles. The zero-order valence-corrected chi connectivity index (χ0v) is 11.8. The number of anilines is 1. The van der Waals surface area contributed by atoms with Gasteiger partial charge in [-0.2, -0.15) is 0 Å². The summed E-state index contributed by atoms with van der Waals surface area (Å²) in [6.45, 7) is 8.65. The molecule has 0 radical (unpaired) electrons. The number of aliphatic hydroxyl groups excluding tert-OH is 1. The first-order valence-corrected chi connectivity index (χ1v) is 7.13. The molecule has 1 aliphatic rings. The molecule has 0 spiro atoms. The van der Waals surface area contributed by atoms with Gasteiger partial charge in [0.1, 0.15) is 0 Å². The minimum Gasteiger partial charge on any atom is -0.390 e. The summed E-state index contributed by atoms with van der Waals surface area (Å²) in [4.78, 5) is 7.84. The molecule has 102 valence electrons. The first-order chi connectivity index (χ1) is 8.65. The van der Waals surface area contributed by atoms with Gasteiger partial charge in [0.25, 0.3) is 0 Å². The molecule has 1 saturated heterocycles. The molecule has 2 rings (SSSR count). The van der Waals surface area contributed by atoms with E-state index in [0.29, 0.717) is 13.1 Å². The lowest BCUT2D eigenvalue weighted by atomic mass is 10.3. The number of nitrogens with one attached hydrogen (secondary N) is 1. The molecule has 1 aromatic heterocycles. The van der Waals surface area contributed by atoms with Gasteiger partial charge in [-0.25, -0.2) is 4.98 Å². The van der Waals surface area contributed by atoms with E-state index in [4.69, 9.17) is 4.74 Å². The van der Waals surface area contributed by atoms with Crippen LogP contribution in [0.1, 0.15) is 10.6 Å². The molecule has 2 N–H and O–H groups in total. The molecule has 0 amide bonds. The molecule has 1 unspecified atom stereocenters. The number of hydrogen-bond acceptors (Lipinski definition) is 6. The largest absolute Gasteiger partial charge is 0.390 e. The highest BCUT2D eigenvalue weighted by Gasteiger charge is 2.15. The average molecular weight is 271 g/mol. The Morgan fingerprint density at radius 2 is 2.17 bits per heavy atom. The molecular formula is C12H21N3O2S. The Labute approximate surface area is 112 Å². The standard InChI is InChI=1S/C12H21N3O2S/c1-9-10(2)18-12(14-9)13-7-11(16)8-15-3-5-17-6-4-15/h11,16H,3-8H2,1-2H3,(H,13,14). The number of aromatic nitrogens is 1. The van der Waals surface area contributed by atoms with Gasteiger partial charge >= 0.3 is 0 Å². The van der Waals surface area contributed by atoms with Gasteiger partial charge in [0.15, 0.2) is 5.13 Å². The van der Waals surface area contributed by atoms with Crippen LogP contribution in [0, 0.1) is 13.8 Å². The molecule has 0 aliphatic carbocycles. The highest BCUT2D eigenvalue weighted by Crippen LogP contribution is 2.20. The summed E-state index contributed by atoms with van der Waals surface area (Å²) < 4.78 is 5.28. The topological polar surface area (TPSA) is 57.6 Å². The lowest BCUT2D eigenvalue weighted by Gasteiger charge is -2.28. The molecule has 18 heavy (non-hydrogen) atoms. The number of β-amino-alcohol motifs (C(OH)–C–C–N with tert-alkyl or cyclic N) is 1. The van der Waals surface area contributed by atoms with E-state index >= 15 is 0 Å². The van der Waals surface area contributed by atoms with E-state index in [1.54, 1.807) is 11.3 Å². The first kappa shape index (κ1) is 13.7. The molecule has 1 aliphatic heterocycles. The lowest BCUT2D eigenvalue weighted by Crippen LogP contribution is -2.42. The number of nitrogens with zero attached hydrogens (tertiary/aromatic N) is 2. The Kier molecular flexibility index (Phi) is 4.94. The van der Waals surface area contributed by atoms with E-state index in [9.17, 15) is 5.11 Å². The van der Waals surface area contributed by atoms with Crippen molar-refractivity contribution >= 4 is 16.5 Å². The van der Waals surface area contributed by atoms with Crippen LogP contribution >= 0.6 is 11.3 Å². The first-order valence-electron chi connectivity index (χ1n) is 6.31. The minimum atomic E-state index is -0.368. The monoisotopic (exact) mass is 271 g/mol. The molecule has 6 heteroatoms. The highest BCUT2D eigenvalue weighted by atomic mass is 32.1. The van der Waals surface area contributed by atoms with Gasteiger partial charge in [-0.1, -0.05) is 0 Å². The fourth-order valence-electron chi connectivity index (χ4n) is 1.90. The third-order valence-electron chi connectivity index (χ3n) is 3.09. The Hall–Kier alpha value is -0.690. The number of aryl methyl sites for hydroxylation is 2. The number of rotatable bonds is 5. The van der Waals surface area contributed by atoms with Crippen molar-refractivity contribution in [2.75, 3.05) is 44.7 Å². The van der Waals surface area contributed by atoms with Crippen molar-refractivity contribution in [3.05, 3.63) is 10.6 Å². The summed E-state index contributed by atoms with van der Waals surface area (Å²) in [6.07, 6.45) is -0.368. The predicted octanol–water partition coefficient (Wildman–Crippen LogP) is 0.865. The summed E-state index contributed by atoms with van der Waals surface area (Å²) in [7, 11) is 0. The third-order valence-corrected chi connectivity index (χ3v) is 4.12. The summed E-state index contributed by atoms with van der Waals surface area (Å²) in [6, 6.07) is 0. The van der Waals surface area contributed by atoms with Gasteiger partial charge in [0.2, 0.25) is 0 Å². The van der Waals surface area contributed by atoms with Crippen molar-refractivity contribution in [2.24, 2.45) is 0 Å². The van der Waals surface area contributed by atoms with Gasteiger partial charge in [-0.15, -0.1) is 11.3 Å². The zero-order chi connectivity index (χ0) is 13.0. The number of thiazole rings is 1. The van der Waals surface area contributed by atoms with Gasteiger partial charge < -0.3 is 15.2 Å². The maximum absolute atomic E-state index is 9.97. The molecule has 1 atom stereocenters. The predicted molar refractivity (Wildman–Crippen MR) is 73.3 cm³/mol. The van der Waals surface area contributed by atoms with Crippen LogP contribution in [0.4, 0.5) is 5.13 Å². The molecule has 1 fully saturated rings. The fraction of sp³-hybridized carbons (Fsp3) is 0.750. The zero-order valence-electron chi connectivity index (χ0n) is 11.0. The quantitative estimate of drug-likeness (QED) is 0.832. The number of ether oxygens (including phenoxy) is 1. The Morgan fingerprint density at radius 1 is 1.44 bits per heavy atom. The van der Waals surface area contributed by atoms with Gasteiger partial charge in [0, 0.05) is 31.1 Å². The van der Waals surface area contributed by atoms with Gasteiger partial charge in [-0.3, -0.25) is 4.90 Å². The molecule has 1 aromatic rings. The van der Waals surface area contributed by atoms with E-state index in [1.165, 1.54) is 4.88 Å². The van der Waals surface area contributed by atoms with Crippen molar-refractivity contribution in [3.8, 4) is 0 Å². The second-order valence-corrected chi connectivity index (χ2v) is 5.81. The second-order valence-electron chi connectivity index (χ2n) is 4.61. The smallest absolute Gasteiger partial charge is 0.183 e. The van der Waals surface area contributed by atoms with Crippen LogP contribution in [0.5, 0.6) is 0 Å². The molecular weight excluding hydrogens is 250 g/mol.